The van der Waals surface area contributed by atoms with Gasteiger partial charge in [0.25, 0.3) is 0 Å². The van der Waals surface area contributed by atoms with Gasteiger partial charge in [-0.3, -0.25) is 19.5 Å². The first kappa shape index (κ1) is 20.5. The molecule has 2 fully saturated rings. The topological polar surface area (TPSA) is 94.6 Å². The fourth-order valence-electron chi connectivity index (χ4n) is 4.68. The number of fused-ring (bicyclic) bond motifs is 1. The van der Waals surface area contributed by atoms with E-state index in [0.717, 1.165) is 30.8 Å². The molecular weight excluding hydrogens is 380 g/mol. The second kappa shape index (κ2) is 9.36. The molecule has 2 heterocycles. The van der Waals surface area contributed by atoms with Crippen LogP contribution < -0.4 is 10.6 Å². The molecule has 0 bridgehead atoms. The maximum Gasteiger partial charge on any atom is 0.238 e. The number of aromatic nitrogens is 1. The Bertz CT molecular complexity index is 861. The van der Waals surface area contributed by atoms with Gasteiger partial charge in [-0.2, -0.15) is 0 Å². The molecule has 4 rings (SSSR count). The summed E-state index contributed by atoms with van der Waals surface area (Å²) in [5.41, 5.74) is 1.65. The molecule has 1 saturated carbocycles. The Morgan fingerprint density at radius 2 is 1.80 bits per heavy atom. The summed E-state index contributed by atoms with van der Waals surface area (Å²) in [7, 11) is 0. The van der Waals surface area contributed by atoms with Gasteiger partial charge in [0, 0.05) is 31.2 Å². The molecule has 1 aliphatic carbocycles. The van der Waals surface area contributed by atoms with Crippen molar-refractivity contribution in [2.45, 2.75) is 31.4 Å². The molecule has 0 unspecified atom stereocenters. The van der Waals surface area contributed by atoms with Crippen LogP contribution in [0.1, 0.15) is 18.4 Å². The van der Waals surface area contributed by atoms with Crippen molar-refractivity contribution in [1.82, 2.24) is 15.2 Å². The zero-order valence-electron chi connectivity index (χ0n) is 16.9. The van der Waals surface area contributed by atoms with E-state index in [9.17, 15) is 14.7 Å². The Kier molecular flexibility index (Phi) is 6.40. The lowest BCUT2D eigenvalue weighted by atomic mass is 9.77. The smallest absolute Gasteiger partial charge is 0.238 e. The minimum atomic E-state index is -0.554. The van der Waals surface area contributed by atoms with Crippen LogP contribution in [0.5, 0.6) is 0 Å². The van der Waals surface area contributed by atoms with Crippen molar-refractivity contribution in [3.8, 4) is 0 Å². The number of anilines is 1. The minimum Gasteiger partial charge on any atom is -0.391 e. The van der Waals surface area contributed by atoms with Gasteiger partial charge >= 0.3 is 0 Å². The van der Waals surface area contributed by atoms with Crippen LogP contribution in [-0.4, -0.2) is 58.6 Å². The number of nitrogens with zero attached hydrogens (tertiary/aromatic N) is 2. The Balaban J connectivity index is 1.27. The third-order valence-electron chi connectivity index (χ3n) is 6.08. The number of benzene rings is 1. The van der Waals surface area contributed by atoms with Gasteiger partial charge < -0.3 is 15.7 Å². The Hall–Kier alpha value is -2.77. The van der Waals surface area contributed by atoms with Crippen LogP contribution in [0.3, 0.4) is 0 Å². The molecular formula is C23H28N4O3. The van der Waals surface area contributed by atoms with Crippen molar-refractivity contribution in [1.29, 1.82) is 0 Å². The molecule has 3 N–H and O–H groups in total. The SMILES string of the molecule is O=C(CN1C[C@H]2C[C@H](O)[C@@H](NC(=O)Cc3cccnc3)C[C@H]2C1)Nc1ccccc1. The average molecular weight is 409 g/mol. The van der Waals surface area contributed by atoms with Crippen molar-refractivity contribution in [2.75, 3.05) is 25.0 Å². The summed E-state index contributed by atoms with van der Waals surface area (Å²) in [6.07, 6.45) is 4.46. The van der Waals surface area contributed by atoms with Crippen molar-refractivity contribution < 1.29 is 14.7 Å². The summed E-state index contributed by atoms with van der Waals surface area (Å²) >= 11 is 0. The van der Waals surface area contributed by atoms with Crippen LogP contribution in [0.2, 0.25) is 0 Å². The van der Waals surface area contributed by atoms with Crippen molar-refractivity contribution >= 4 is 17.5 Å². The number of para-hydroxylation sites is 1. The molecule has 7 nitrogen and oxygen atoms in total. The largest absolute Gasteiger partial charge is 0.391 e. The van der Waals surface area contributed by atoms with E-state index in [2.05, 4.69) is 20.5 Å². The predicted molar refractivity (Wildman–Crippen MR) is 114 cm³/mol. The van der Waals surface area contributed by atoms with Gasteiger partial charge in [-0.25, -0.2) is 0 Å². The normalized spacial score (nSPS) is 26.0. The summed E-state index contributed by atoms with van der Waals surface area (Å²) < 4.78 is 0. The monoisotopic (exact) mass is 408 g/mol. The van der Waals surface area contributed by atoms with E-state index in [1.807, 2.05) is 42.5 Å². The number of amides is 2. The number of aliphatic hydroxyl groups is 1. The zero-order valence-corrected chi connectivity index (χ0v) is 16.9. The molecule has 2 amide bonds. The number of likely N-dealkylation sites (tertiary alicyclic amines) is 1. The number of hydrogen-bond acceptors (Lipinski definition) is 5. The van der Waals surface area contributed by atoms with E-state index >= 15 is 0 Å². The van der Waals surface area contributed by atoms with Gasteiger partial charge in [0.15, 0.2) is 0 Å². The second-order valence-electron chi connectivity index (χ2n) is 8.38. The lowest BCUT2D eigenvalue weighted by Gasteiger charge is -2.35. The molecule has 2 aliphatic rings. The third-order valence-corrected chi connectivity index (χ3v) is 6.08. The van der Waals surface area contributed by atoms with Crippen LogP contribution in [0.4, 0.5) is 5.69 Å². The van der Waals surface area contributed by atoms with Gasteiger partial charge in [-0.05, 0) is 48.4 Å². The fraction of sp³-hybridized carbons (Fsp3) is 0.435. The van der Waals surface area contributed by atoms with Gasteiger partial charge in [0.1, 0.15) is 0 Å². The maximum atomic E-state index is 12.4. The van der Waals surface area contributed by atoms with Gasteiger partial charge in [-0.1, -0.05) is 24.3 Å². The summed E-state index contributed by atoms with van der Waals surface area (Å²) in [6.45, 7) is 1.96. The van der Waals surface area contributed by atoms with Crippen molar-refractivity contribution in [3.05, 3.63) is 60.4 Å². The van der Waals surface area contributed by atoms with Crippen molar-refractivity contribution in [3.63, 3.8) is 0 Å². The Morgan fingerprint density at radius 3 is 2.53 bits per heavy atom. The third kappa shape index (κ3) is 5.23. The fourth-order valence-corrected chi connectivity index (χ4v) is 4.68. The number of aliphatic hydroxyl groups excluding tert-OH is 1. The second-order valence-corrected chi connectivity index (χ2v) is 8.38. The van der Waals surface area contributed by atoms with Crippen LogP contribution in [-0.2, 0) is 16.0 Å². The van der Waals surface area contributed by atoms with Gasteiger partial charge in [0.2, 0.25) is 11.8 Å². The van der Waals surface area contributed by atoms with Crippen LogP contribution in [0, 0.1) is 11.8 Å². The number of rotatable bonds is 6. The van der Waals surface area contributed by atoms with E-state index in [4.69, 9.17) is 0 Å². The molecule has 1 aliphatic heterocycles. The molecule has 1 aromatic carbocycles. The lowest BCUT2D eigenvalue weighted by Crippen LogP contribution is -2.49. The predicted octanol–water partition coefficient (Wildman–Crippen LogP) is 1.45. The molecule has 0 spiro atoms. The van der Waals surface area contributed by atoms with E-state index in [1.54, 1.807) is 12.4 Å². The lowest BCUT2D eigenvalue weighted by molar-refractivity contribution is -0.122. The van der Waals surface area contributed by atoms with Gasteiger partial charge in [-0.15, -0.1) is 0 Å². The highest BCUT2D eigenvalue weighted by molar-refractivity contribution is 5.92. The van der Waals surface area contributed by atoms with Gasteiger partial charge in [0.05, 0.1) is 25.1 Å². The first-order valence-corrected chi connectivity index (χ1v) is 10.5. The number of pyridine rings is 1. The summed E-state index contributed by atoms with van der Waals surface area (Å²) in [4.78, 5) is 30.9. The Labute approximate surface area is 176 Å². The summed E-state index contributed by atoms with van der Waals surface area (Å²) in [5, 5.41) is 16.5. The summed E-state index contributed by atoms with van der Waals surface area (Å²) in [5.74, 6) is 0.613. The van der Waals surface area contributed by atoms with Crippen LogP contribution >= 0.6 is 0 Å². The van der Waals surface area contributed by atoms with E-state index in [1.165, 1.54) is 0 Å². The highest BCUT2D eigenvalue weighted by Crippen LogP contribution is 2.36. The maximum absolute atomic E-state index is 12.4. The molecule has 158 valence electrons. The van der Waals surface area contributed by atoms with Crippen LogP contribution in [0.15, 0.2) is 54.9 Å². The van der Waals surface area contributed by atoms with E-state index < -0.39 is 6.10 Å². The molecule has 4 atom stereocenters. The zero-order chi connectivity index (χ0) is 20.9. The molecule has 1 saturated heterocycles. The number of carbonyl (C=O) groups excluding carboxylic acids is 2. The number of carbonyl (C=O) groups is 2. The van der Waals surface area contributed by atoms with Crippen molar-refractivity contribution in [2.24, 2.45) is 11.8 Å². The quantitative estimate of drug-likeness (QED) is 0.673. The van der Waals surface area contributed by atoms with E-state index in [-0.39, 0.29) is 24.3 Å². The minimum absolute atomic E-state index is 0.0262. The van der Waals surface area contributed by atoms with E-state index in [0.29, 0.717) is 24.8 Å². The van der Waals surface area contributed by atoms with Crippen LogP contribution in [0.25, 0.3) is 0 Å². The average Bonchev–Trinajstić information content (AvgIpc) is 3.10. The standard InChI is InChI=1S/C23H28N4O3/c28-21-11-18-14-27(15-23(30)25-19-6-2-1-3-7-19)13-17(18)10-20(21)26-22(29)9-16-5-4-8-24-12-16/h1-8,12,17-18,20-21,28H,9-11,13-15H2,(H,25,30)(H,26,29)/t17-,18+,20-,21-/m0/s1. The Morgan fingerprint density at radius 1 is 1.03 bits per heavy atom. The molecule has 30 heavy (non-hydrogen) atoms. The first-order valence-electron chi connectivity index (χ1n) is 10.5. The highest BCUT2D eigenvalue weighted by Gasteiger charge is 2.42. The number of nitrogens with one attached hydrogen (secondary N) is 2. The molecule has 1 aromatic heterocycles. The molecule has 7 heteroatoms. The summed E-state index contributed by atoms with van der Waals surface area (Å²) in [6, 6.07) is 12.9. The number of hydrogen-bond donors (Lipinski definition) is 3. The first-order chi connectivity index (χ1) is 14.6. The molecule has 2 aromatic rings. The molecule has 0 radical (unpaired) electrons. The highest BCUT2D eigenvalue weighted by atomic mass is 16.3.